The molecule has 0 heterocycles. The van der Waals surface area contributed by atoms with Gasteiger partial charge in [-0.25, -0.2) is 8.78 Å². The fraction of sp³-hybridized carbons (Fsp3) is 0.0714. The minimum Gasteiger partial charge on any atom is -0.489 e. The molecule has 2 aromatic rings. The van der Waals surface area contributed by atoms with Crippen molar-refractivity contribution in [2.24, 2.45) is 10.9 Å². The van der Waals surface area contributed by atoms with E-state index in [1.54, 1.807) is 24.3 Å². The largest absolute Gasteiger partial charge is 0.489 e. The number of rotatable bonds is 4. The molecule has 3 N–H and O–H groups in total. The Morgan fingerprint density at radius 2 is 1.70 bits per heavy atom. The predicted molar refractivity (Wildman–Crippen MR) is 69.6 cm³/mol. The molecule has 0 unspecified atom stereocenters. The van der Waals surface area contributed by atoms with Gasteiger partial charge in [-0.3, -0.25) is 0 Å². The first-order chi connectivity index (χ1) is 9.58. The smallest absolute Gasteiger partial charge is 0.170 e. The summed E-state index contributed by atoms with van der Waals surface area (Å²) in [7, 11) is 0. The number of nitrogens with zero attached hydrogens (tertiary/aromatic N) is 1. The number of nitrogens with two attached hydrogens (primary N) is 1. The number of oxime groups is 1. The third-order valence-electron chi connectivity index (χ3n) is 2.59. The van der Waals surface area contributed by atoms with Crippen LogP contribution in [0, 0.1) is 11.6 Å². The molecular weight excluding hydrogens is 266 g/mol. The topological polar surface area (TPSA) is 67.8 Å². The highest BCUT2D eigenvalue weighted by Crippen LogP contribution is 2.15. The predicted octanol–water partition coefficient (Wildman–Crippen LogP) is 2.64. The highest BCUT2D eigenvalue weighted by molar-refractivity contribution is 5.97. The molecule has 0 saturated heterocycles. The molecule has 2 aromatic carbocycles. The monoisotopic (exact) mass is 278 g/mol. The summed E-state index contributed by atoms with van der Waals surface area (Å²) in [5.41, 5.74) is 6.35. The van der Waals surface area contributed by atoms with Crippen molar-refractivity contribution in [3.8, 4) is 5.75 Å². The first-order valence-corrected chi connectivity index (χ1v) is 5.74. The molecule has 104 valence electrons. The van der Waals surface area contributed by atoms with E-state index in [0.717, 1.165) is 6.07 Å². The van der Waals surface area contributed by atoms with Gasteiger partial charge in [-0.1, -0.05) is 5.16 Å². The number of hydrogen-bond acceptors (Lipinski definition) is 3. The lowest BCUT2D eigenvalue weighted by atomic mass is 10.2. The summed E-state index contributed by atoms with van der Waals surface area (Å²) >= 11 is 0. The van der Waals surface area contributed by atoms with Crippen LogP contribution < -0.4 is 10.5 Å². The Bertz CT molecular complexity index is 607. The zero-order chi connectivity index (χ0) is 14.5. The van der Waals surface area contributed by atoms with E-state index in [1.807, 2.05) is 0 Å². The second-order valence-corrected chi connectivity index (χ2v) is 4.08. The fourth-order valence-corrected chi connectivity index (χ4v) is 1.64. The van der Waals surface area contributed by atoms with E-state index in [0.29, 0.717) is 16.9 Å². The molecule has 6 heteroatoms. The van der Waals surface area contributed by atoms with Crippen molar-refractivity contribution >= 4 is 5.84 Å². The van der Waals surface area contributed by atoms with Gasteiger partial charge in [0.2, 0.25) is 0 Å². The van der Waals surface area contributed by atoms with Crippen LogP contribution >= 0.6 is 0 Å². The standard InChI is InChI=1S/C14H12F2N2O2/c15-11-5-9(6-12(16)7-11)8-20-13-3-1-10(2-4-13)14(17)18-19/h1-7,19H,8H2,(H2,17,18). The zero-order valence-electron chi connectivity index (χ0n) is 10.4. The third-order valence-corrected chi connectivity index (χ3v) is 2.59. The second kappa shape index (κ2) is 6.01. The Hall–Kier alpha value is -2.63. The highest BCUT2D eigenvalue weighted by atomic mass is 19.1. The maximum absolute atomic E-state index is 13.0. The maximum atomic E-state index is 13.0. The lowest BCUT2D eigenvalue weighted by Crippen LogP contribution is -2.12. The summed E-state index contributed by atoms with van der Waals surface area (Å²) in [5, 5.41) is 11.4. The normalized spacial score (nSPS) is 11.4. The average molecular weight is 278 g/mol. The number of ether oxygens (including phenoxy) is 1. The molecule has 0 aliphatic carbocycles. The number of amidine groups is 1. The summed E-state index contributed by atoms with van der Waals surface area (Å²) < 4.78 is 31.4. The van der Waals surface area contributed by atoms with E-state index in [-0.39, 0.29) is 12.4 Å². The van der Waals surface area contributed by atoms with Crippen LogP contribution in [0.3, 0.4) is 0 Å². The lowest BCUT2D eigenvalue weighted by Gasteiger charge is -2.07. The van der Waals surface area contributed by atoms with Crippen LogP contribution in [0.5, 0.6) is 5.75 Å². The van der Waals surface area contributed by atoms with E-state index in [9.17, 15) is 8.78 Å². The Kier molecular flexibility index (Phi) is 4.14. The Morgan fingerprint density at radius 3 is 2.25 bits per heavy atom. The van der Waals surface area contributed by atoms with Crippen molar-refractivity contribution < 1.29 is 18.7 Å². The van der Waals surface area contributed by atoms with Gasteiger partial charge < -0.3 is 15.7 Å². The van der Waals surface area contributed by atoms with E-state index < -0.39 is 11.6 Å². The molecule has 0 amide bonds. The van der Waals surface area contributed by atoms with Crippen molar-refractivity contribution in [2.45, 2.75) is 6.61 Å². The van der Waals surface area contributed by atoms with Gasteiger partial charge in [0.15, 0.2) is 5.84 Å². The van der Waals surface area contributed by atoms with Crippen LogP contribution in [0.4, 0.5) is 8.78 Å². The van der Waals surface area contributed by atoms with Crippen LogP contribution in [0.2, 0.25) is 0 Å². The third kappa shape index (κ3) is 3.44. The number of halogens is 2. The van der Waals surface area contributed by atoms with Crippen LogP contribution in [0.25, 0.3) is 0 Å². The lowest BCUT2D eigenvalue weighted by molar-refractivity contribution is 0.304. The molecular formula is C14H12F2N2O2. The summed E-state index contributed by atoms with van der Waals surface area (Å²) in [4.78, 5) is 0. The van der Waals surface area contributed by atoms with Gasteiger partial charge in [-0.15, -0.1) is 0 Å². The quantitative estimate of drug-likeness (QED) is 0.391. The van der Waals surface area contributed by atoms with E-state index >= 15 is 0 Å². The summed E-state index contributed by atoms with van der Waals surface area (Å²) in [6, 6.07) is 9.65. The van der Waals surface area contributed by atoms with Gasteiger partial charge in [-0.2, -0.15) is 0 Å². The highest BCUT2D eigenvalue weighted by Gasteiger charge is 2.03. The minimum absolute atomic E-state index is 0.0104. The van der Waals surface area contributed by atoms with Crippen molar-refractivity contribution in [3.05, 3.63) is 65.2 Å². The zero-order valence-corrected chi connectivity index (χ0v) is 10.4. The minimum atomic E-state index is -0.647. The average Bonchev–Trinajstić information content (AvgIpc) is 2.44. The summed E-state index contributed by atoms with van der Waals surface area (Å²) in [6.45, 7) is 0.0393. The van der Waals surface area contributed by atoms with Crippen LogP contribution in [0.1, 0.15) is 11.1 Å². The molecule has 0 aliphatic rings. The molecule has 0 aromatic heterocycles. The molecule has 20 heavy (non-hydrogen) atoms. The maximum Gasteiger partial charge on any atom is 0.170 e. The molecule has 0 spiro atoms. The number of benzene rings is 2. The summed E-state index contributed by atoms with van der Waals surface area (Å²) in [6.07, 6.45) is 0. The van der Waals surface area contributed by atoms with Gasteiger partial charge in [0.25, 0.3) is 0 Å². The van der Waals surface area contributed by atoms with E-state index in [4.69, 9.17) is 15.7 Å². The van der Waals surface area contributed by atoms with E-state index in [2.05, 4.69) is 5.16 Å². The SMILES string of the molecule is N/C(=N/O)c1ccc(OCc2cc(F)cc(F)c2)cc1. The van der Waals surface area contributed by atoms with Crippen LogP contribution in [-0.4, -0.2) is 11.0 Å². The number of hydrogen-bond donors (Lipinski definition) is 2. The molecule has 0 atom stereocenters. The van der Waals surface area contributed by atoms with Crippen molar-refractivity contribution in [3.63, 3.8) is 0 Å². The molecule has 0 saturated carbocycles. The van der Waals surface area contributed by atoms with Gasteiger partial charge >= 0.3 is 0 Å². The van der Waals surface area contributed by atoms with Crippen LogP contribution in [-0.2, 0) is 6.61 Å². The van der Waals surface area contributed by atoms with Gasteiger partial charge in [0.1, 0.15) is 24.0 Å². The first kappa shape index (κ1) is 13.8. The Balaban J connectivity index is 2.04. The Morgan fingerprint density at radius 1 is 1.10 bits per heavy atom. The fourth-order valence-electron chi connectivity index (χ4n) is 1.64. The van der Waals surface area contributed by atoms with Crippen molar-refractivity contribution in [2.75, 3.05) is 0 Å². The van der Waals surface area contributed by atoms with Gasteiger partial charge in [0.05, 0.1) is 0 Å². The molecule has 2 rings (SSSR count). The van der Waals surface area contributed by atoms with Gasteiger partial charge in [-0.05, 0) is 42.0 Å². The Labute approximate surface area is 114 Å². The van der Waals surface area contributed by atoms with Crippen molar-refractivity contribution in [1.29, 1.82) is 0 Å². The van der Waals surface area contributed by atoms with Crippen molar-refractivity contribution in [1.82, 2.24) is 0 Å². The van der Waals surface area contributed by atoms with E-state index in [1.165, 1.54) is 12.1 Å². The molecule has 0 bridgehead atoms. The van der Waals surface area contributed by atoms with Gasteiger partial charge in [0, 0.05) is 11.6 Å². The summed E-state index contributed by atoms with van der Waals surface area (Å²) in [5.74, 6) is -0.801. The van der Waals surface area contributed by atoms with Crippen LogP contribution in [0.15, 0.2) is 47.6 Å². The molecule has 4 nitrogen and oxygen atoms in total. The molecule has 0 radical (unpaired) electrons. The molecule has 0 fully saturated rings. The molecule has 0 aliphatic heterocycles. The second-order valence-electron chi connectivity index (χ2n) is 4.08. The first-order valence-electron chi connectivity index (χ1n) is 5.74.